The Bertz CT molecular complexity index is 299. The number of nitrogens with zero attached hydrogens (tertiary/aromatic N) is 1. The lowest BCUT2D eigenvalue weighted by molar-refractivity contribution is 0.208. The molecule has 0 bridgehead atoms. The summed E-state index contributed by atoms with van der Waals surface area (Å²) in [6, 6.07) is 2.75. The molecule has 1 saturated heterocycles. The summed E-state index contributed by atoms with van der Waals surface area (Å²) in [4.78, 5) is 0. The molecule has 0 aromatic rings. The van der Waals surface area contributed by atoms with E-state index >= 15 is 0 Å². The predicted molar refractivity (Wildman–Crippen MR) is 45.3 cm³/mol. The van der Waals surface area contributed by atoms with Gasteiger partial charge in [-0.2, -0.15) is 5.26 Å². The standard InChI is InChI=1S/C10H12N2/c11-6-7-2-1-3-8-4-5-10(8)9(7)12-10/h2,8-9,12H,1,3-5H2/t8-,9?,10?/m0/s1. The van der Waals surface area contributed by atoms with Crippen LogP contribution in [-0.4, -0.2) is 11.6 Å². The Hall–Kier alpha value is -0.810. The van der Waals surface area contributed by atoms with Gasteiger partial charge in [0.1, 0.15) is 0 Å². The van der Waals surface area contributed by atoms with Crippen LogP contribution < -0.4 is 5.32 Å². The van der Waals surface area contributed by atoms with E-state index in [0.717, 1.165) is 17.9 Å². The fourth-order valence-corrected chi connectivity index (χ4v) is 2.88. The maximum absolute atomic E-state index is 8.88. The van der Waals surface area contributed by atoms with Crippen LogP contribution in [0.1, 0.15) is 25.7 Å². The van der Waals surface area contributed by atoms with Gasteiger partial charge in [0.15, 0.2) is 0 Å². The zero-order chi connectivity index (χ0) is 8.18. The van der Waals surface area contributed by atoms with Gasteiger partial charge in [0.2, 0.25) is 0 Å². The fraction of sp³-hybridized carbons (Fsp3) is 0.700. The van der Waals surface area contributed by atoms with Crippen molar-refractivity contribution < 1.29 is 0 Å². The van der Waals surface area contributed by atoms with Crippen LogP contribution in [0.15, 0.2) is 11.6 Å². The molecular formula is C10H12N2. The molecule has 1 saturated carbocycles. The highest BCUT2D eigenvalue weighted by Gasteiger charge is 2.64. The summed E-state index contributed by atoms with van der Waals surface area (Å²) in [5, 5.41) is 12.4. The molecule has 1 spiro atoms. The quantitative estimate of drug-likeness (QED) is 0.544. The normalized spacial score (nSPS) is 48.8. The van der Waals surface area contributed by atoms with Gasteiger partial charge in [0.25, 0.3) is 0 Å². The number of allylic oxidation sites excluding steroid dienone is 1. The zero-order valence-electron chi connectivity index (χ0n) is 7.01. The molecule has 1 aliphatic heterocycles. The van der Waals surface area contributed by atoms with Gasteiger partial charge in [-0.05, 0) is 31.6 Å². The van der Waals surface area contributed by atoms with Crippen molar-refractivity contribution in [2.24, 2.45) is 5.92 Å². The van der Waals surface area contributed by atoms with Crippen molar-refractivity contribution in [3.05, 3.63) is 11.6 Å². The fourth-order valence-electron chi connectivity index (χ4n) is 2.88. The molecule has 3 aliphatic rings. The lowest BCUT2D eigenvalue weighted by Gasteiger charge is -2.35. The summed E-state index contributed by atoms with van der Waals surface area (Å²) in [7, 11) is 0. The molecule has 0 aromatic heterocycles. The van der Waals surface area contributed by atoms with Gasteiger partial charge in [-0.25, -0.2) is 0 Å². The summed E-state index contributed by atoms with van der Waals surface area (Å²) in [6.07, 6.45) is 7.20. The number of nitrogens with one attached hydrogen (secondary N) is 1. The Morgan fingerprint density at radius 1 is 1.58 bits per heavy atom. The molecule has 1 heterocycles. The maximum Gasteiger partial charge on any atom is 0.0961 e. The summed E-state index contributed by atoms with van der Waals surface area (Å²) >= 11 is 0. The van der Waals surface area contributed by atoms with Crippen molar-refractivity contribution in [3.63, 3.8) is 0 Å². The summed E-state index contributed by atoms with van der Waals surface area (Å²) < 4.78 is 0. The highest BCUT2D eigenvalue weighted by Crippen LogP contribution is 2.55. The van der Waals surface area contributed by atoms with E-state index in [9.17, 15) is 0 Å². The lowest BCUT2D eigenvalue weighted by Crippen LogP contribution is -2.38. The Labute approximate surface area is 72.3 Å². The SMILES string of the molecule is N#CC1=CCC[C@H]2CCC23NC13. The summed E-state index contributed by atoms with van der Waals surface area (Å²) in [6.45, 7) is 0. The largest absolute Gasteiger partial charge is 0.300 e. The number of nitriles is 1. The van der Waals surface area contributed by atoms with Crippen molar-refractivity contribution in [3.8, 4) is 6.07 Å². The first kappa shape index (κ1) is 6.68. The van der Waals surface area contributed by atoms with E-state index in [1.807, 2.05) is 0 Å². The Balaban J connectivity index is 1.94. The molecule has 0 radical (unpaired) electrons. The van der Waals surface area contributed by atoms with Crippen LogP contribution in [0, 0.1) is 17.2 Å². The topological polar surface area (TPSA) is 45.7 Å². The van der Waals surface area contributed by atoms with E-state index in [1.54, 1.807) is 0 Å². The third-order valence-corrected chi connectivity index (χ3v) is 3.80. The molecule has 2 fully saturated rings. The van der Waals surface area contributed by atoms with Gasteiger partial charge < -0.3 is 5.32 Å². The molecular weight excluding hydrogens is 148 g/mol. The van der Waals surface area contributed by atoms with E-state index in [-0.39, 0.29) is 0 Å². The molecule has 3 atom stereocenters. The van der Waals surface area contributed by atoms with Gasteiger partial charge >= 0.3 is 0 Å². The maximum atomic E-state index is 8.88. The van der Waals surface area contributed by atoms with Crippen LogP contribution in [0.3, 0.4) is 0 Å². The molecule has 2 heteroatoms. The monoisotopic (exact) mass is 160 g/mol. The second kappa shape index (κ2) is 1.92. The van der Waals surface area contributed by atoms with Crippen molar-refractivity contribution in [1.29, 1.82) is 5.26 Å². The van der Waals surface area contributed by atoms with Gasteiger partial charge in [-0.15, -0.1) is 0 Å². The van der Waals surface area contributed by atoms with Crippen molar-refractivity contribution >= 4 is 0 Å². The molecule has 62 valence electrons. The van der Waals surface area contributed by atoms with Crippen molar-refractivity contribution in [2.45, 2.75) is 37.3 Å². The summed E-state index contributed by atoms with van der Waals surface area (Å²) in [5.41, 5.74) is 1.40. The van der Waals surface area contributed by atoms with Crippen molar-refractivity contribution in [1.82, 2.24) is 5.32 Å². The van der Waals surface area contributed by atoms with Crippen LogP contribution in [0.4, 0.5) is 0 Å². The van der Waals surface area contributed by atoms with Crippen LogP contribution >= 0.6 is 0 Å². The summed E-state index contributed by atoms with van der Waals surface area (Å²) in [5.74, 6) is 0.865. The van der Waals surface area contributed by atoms with Gasteiger partial charge in [-0.1, -0.05) is 6.08 Å². The Morgan fingerprint density at radius 3 is 3.17 bits per heavy atom. The average Bonchev–Trinajstić information content (AvgIpc) is 2.79. The van der Waals surface area contributed by atoms with Gasteiger partial charge in [-0.3, -0.25) is 0 Å². The van der Waals surface area contributed by atoms with Crippen LogP contribution in [0.25, 0.3) is 0 Å². The minimum absolute atomic E-state index is 0.401. The van der Waals surface area contributed by atoms with Gasteiger partial charge in [0.05, 0.1) is 12.1 Å². The van der Waals surface area contributed by atoms with Crippen LogP contribution in [-0.2, 0) is 0 Å². The number of rotatable bonds is 0. The smallest absolute Gasteiger partial charge is 0.0961 e. The molecule has 2 nitrogen and oxygen atoms in total. The second-order valence-electron chi connectivity index (χ2n) is 4.20. The highest BCUT2D eigenvalue weighted by molar-refractivity contribution is 5.43. The number of hydrogen-bond donors (Lipinski definition) is 1. The molecule has 3 rings (SSSR count). The third kappa shape index (κ3) is 0.595. The van der Waals surface area contributed by atoms with E-state index < -0.39 is 0 Å². The molecule has 1 N–H and O–H groups in total. The minimum atomic E-state index is 0.401. The molecule has 2 unspecified atom stereocenters. The molecule has 12 heavy (non-hydrogen) atoms. The Morgan fingerprint density at radius 2 is 2.50 bits per heavy atom. The predicted octanol–water partition coefficient (Wildman–Crippen LogP) is 1.35. The average molecular weight is 160 g/mol. The van der Waals surface area contributed by atoms with Gasteiger partial charge in [0, 0.05) is 11.1 Å². The third-order valence-electron chi connectivity index (χ3n) is 3.80. The van der Waals surface area contributed by atoms with E-state index in [0.29, 0.717) is 11.6 Å². The first-order chi connectivity index (χ1) is 5.87. The Kier molecular flexibility index (Phi) is 1.07. The van der Waals surface area contributed by atoms with Crippen molar-refractivity contribution in [2.75, 3.05) is 0 Å². The van der Waals surface area contributed by atoms with E-state index in [2.05, 4.69) is 17.5 Å². The van der Waals surface area contributed by atoms with E-state index in [1.165, 1.54) is 19.3 Å². The lowest BCUT2D eigenvalue weighted by atomic mass is 9.69. The van der Waals surface area contributed by atoms with E-state index in [4.69, 9.17) is 5.26 Å². The van der Waals surface area contributed by atoms with Crippen LogP contribution in [0.2, 0.25) is 0 Å². The zero-order valence-corrected chi connectivity index (χ0v) is 7.01. The van der Waals surface area contributed by atoms with Crippen LogP contribution in [0.5, 0.6) is 0 Å². The first-order valence-corrected chi connectivity index (χ1v) is 4.75. The molecule has 0 aromatic carbocycles. The first-order valence-electron chi connectivity index (χ1n) is 4.75. The highest BCUT2D eigenvalue weighted by atomic mass is 15.2. The second-order valence-corrected chi connectivity index (χ2v) is 4.20. The molecule has 2 aliphatic carbocycles. The minimum Gasteiger partial charge on any atom is -0.300 e. The molecule has 0 amide bonds. The number of hydrogen-bond acceptors (Lipinski definition) is 2.